The number of amides is 3. The van der Waals surface area contributed by atoms with E-state index in [1.165, 1.54) is 11.9 Å². The summed E-state index contributed by atoms with van der Waals surface area (Å²) in [5.41, 5.74) is 0. The van der Waals surface area contributed by atoms with Gasteiger partial charge in [-0.3, -0.25) is 9.69 Å². The second kappa shape index (κ2) is 2.70. The molecule has 0 radical (unpaired) electrons. The molecule has 2 atom stereocenters. The van der Waals surface area contributed by atoms with E-state index in [0.29, 0.717) is 13.0 Å². The molecule has 3 amide bonds. The molecular weight excluding hydrogens is 172 g/mol. The molecule has 2 fully saturated rings. The number of urea groups is 1. The number of ether oxygens (including phenoxy) is 1. The lowest BCUT2D eigenvalue weighted by atomic mass is 10.2. The van der Waals surface area contributed by atoms with E-state index in [9.17, 15) is 9.59 Å². The van der Waals surface area contributed by atoms with E-state index in [0.717, 1.165) is 0 Å². The summed E-state index contributed by atoms with van der Waals surface area (Å²) in [7, 11) is 3.12. The average Bonchev–Trinajstić information content (AvgIpc) is 2.64. The van der Waals surface area contributed by atoms with E-state index in [1.807, 2.05) is 0 Å². The molecule has 2 aliphatic heterocycles. The Bertz CT molecular complexity index is 242. The molecule has 72 valence electrons. The van der Waals surface area contributed by atoms with Crippen LogP contribution in [0, 0.1) is 0 Å². The summed E-state index contributed by atoms with van der Waals surface area (Å²) in [6, 6.07) is -0.475. The molecule has 2 unspecified atom stereocenters. The number of carbonyl (C=O) groups excluding carboxylic acids is 2. The number of fused-ring (bicyclic) bond motifs is 1. The highest BCUT2D eigenvalue weighted by molar-refractivity contribution is 6.04. The third-order valence-electron chi connectivity index (χ3n) is 2.74. The molecule has 5 heteroatoms. The van der Waals surface area contributed by atoms with E-state index >= 15 is 0 Å². The normalized spacial score (nSPS) is 33.1. The molecular formula is C8H12N2O3. The molecule has 13 heavy (non-hydrogen) atoms. The van der Waals surface area contributed by atoms with Crippen molar-refractivity contribution in [3.63, 3.8) is 0 Å². The van der Waals surface area contributed by atoms with Gasteiger partial charge in [0.1, 0.15) is 6.04 Å². The van der Waals surface area contributed by atoms with Crippen molar-refractivity contribution in [3.8, 4) is 0 Å². The molecule has 5 nitrogen and oxygen atoms in total. The molecule has 0 aromatic heterocycles. The van der Waals surface area contributed by atoms with Crippen LogP contribution < -0.4 is 0 Å². The van der Waals surface area contributed by atoms with Crippen LogP contribution in [0.3, 0.4) is 0 Å². The molecule has 2 heterocycles. The standard InChI is InChI=1S/C8H12N2O3/c1-9-7(11)6-3-5(13-2)4-10(6)8(9)12/h5-6H,3-4H2,1-2H3. The van der Waals surface area contributed by atoms with E-state index < -0.39 is 0 Å². The Balaban J connectivity index is 2.18. The van der Waals surface area contributed by atoms with Gasteiger partial charge in [0.25, 0.3) is 5.91 Å². The average molecular weight is 184 g/mol. The highest BCUT2D eigenvalue weighted by Crippen LogP contribution is 2.27. The maximum absolute atomic E-state index is 11.5. The van der Waals surface area contributed by atoms with Crippen molar-refractivity contribution in [3.05, 3.63) is 0 Å². The second-order valence-corrected chi connectivity index (χ2v) is 3.44. The van der Waals surface area contributed by atoms with Crippen molar-refractivity contribution in [1.82, 2.24) is 9.80 Å². The van der Waals surface area contributed by atoms with Crippen LogP contribution in [-0.4, -0.2) is 54.6 Å². The van der Waals surface area contributed by atoms with Gasteiger partial charge in [-0.15, -0.1) is 0 Å². The van der Waals surface area contributed by atoms with E-state index in [1.54, 1.807) is 12.0 Å². The smallest absolute Gasteiger partial charge is 0.327 e. The zero-order valence-corrected chi connectivity index (χ0v) is 7.69. The fourth-order valence-electron chi connectivity index (χ4n) is 1.92. The third kappa shape index (κ3) is 1.03. The minimum Gasteiger partial charge on any atom is -0.380 e. The van der Waals surface area contributed by atoms with Gasteiger partial charge in [0.2, 0.25) is 0 Å². The van der Waals surface area contributed by atoms with Crippen molar-refractivity contribution < 1.29 is 14.3 Å². The largest absolute Gasteiger partial charge is 0.380 e. The summed E-state index contributed by atoms with van der Waals surface area (Å²) in [6.07, 6.45) is 0.650. The van der Waals surface area contributed by atoms with Gasteiger partial charge in [0.15, 0.2) is 0 Å². The van der Waals surface area contributed by atoms with Crippen molar-refractivity contribution in [2.45, 2.75) is 18.6 Å². The molecule has 2 aliphatic rings. The number of hydrogen-bond donors (Lipinski definition) is 0. The van der Waals surface area contributed by atoms with Gasteiger partial charge in [-0.1, -0.05) is 0 Å². The predicted octanol–water partition coefficient (Wildman–Crippen LogP) is -0.332. The number of imide groups is 1. The monoisotopic (exact) mass is 184 g/mol. The Kier molecular flexibility index (Phi) is 1.76. The summed E-state index contributed by atoms with van der Waals surface area (Å²) >= 11 is 0. The molecule has 0 aliphatic carbocycles. The SMILES string of the molecule is COC1CC2C(=O)N(C)C(=O)N2C1. The molecule has 0 saturated carbocycles. The summed E-state index contributed by atoms with van der Waals surface area (Å²) in [6.45, 7) is 0.538. The van der Waals surface area contributed by atoms with Crippen LogP contribution in [0.25, 0.3) is 0 Å². The first-order valence-electron chi connectivity index (χ1n) is 4.26. The van der Waals surface area contributed by atoms with Gasteiger partial charge in [-0.2, -0.15) is 0 Å². The zero-order chi connectivity index (χ0) is 9.59. The quantitative estimate of drug-likeness (QED) is 0.524. The molecule has 0 aromatic carbocycles. The number of nitrogens with zero attached hydrogens (tertiary/aromatic N) is 2. The van der Waals surface area contributed by atoms with Crippen LogP contribution in [0.4, 0.5) is 4.79 Å². The topological polar surface area (TPSA) is 49.9 Å². The van der Waals surface area contributed by atoms with Gasteiger partial charge >= 0.3 is 6.03 Å². The summed E-state index contributed by atoms with van der Waals surface area (Å²) in [5.74, 6) is -0.107. The minimum atomic E-state index is -0.276. The Hall–Kier alpha value is -1.10. The fourth-order valence-corrected chi connectivity index (χ4v) is 1.92. The zero-order valence-electron chi connectivity index (χ0n) is 7.69. The minimum absolute atomic E-state index is 0.0200. The molecule has 0 N–H and O–H groups in total. The van der Waals surface area contributed by atoms with Gasteiger partial charge in [0.05, 0.1) is 6.10 Å². The highest BCUT2D eigenvalue weighted by atomic mass is 16.5. The maximum Gasteiger partial charge on any atom is 0.327 e. The van der Waals surface area contributed by atoms with Gasteiger partial charge in [0, 0.05) is 27.1 Å². The van der Waals surface area contributed by atoms with Gasteiger partial charge in [-0.05, 0) is 0 Å². The van der Waals surface area contributed by atoms with Crippen molar-refractivity contribution >= 4 is 11.9 Å². The Morgan fingerprint density at radius 3 is 2.69 bits per heavy atom. The third-order valence-corrected chi connectivity index (χ3v) is 2.74. The van der Waals surface area contributed by atoms with E-state index in [-0.39, 0.29) is 24.1 Å². The van der Waals surface area contributed by atoms with Crippen molar-refractivity contribution in [2.24, 2.45) is 0 Å². The Morgan fingerprint density at radius 1 is 1.46 bits per heavy atom. The van der Waals surface area contributed by atoms with Crippen LogP contribution in [-0.2, 0) is 9.53 Å². The van der Waals surface area contributed by atoms with Crippen LogP contribution in [0.15, 0.2) is 0 Å². The molecule has 0 aromatic rings. The van der Waals surface area contributed by atoms with Crippen LogP contribution >= 0.6 is 0 Å². The molecule has 0 spiro atoms. The number of carbonyl (C=O) groups is 2. The first-order valence-corrected chi connectivity index (χ1v) is 4.26. The lowest BCUT2D eigenvalue weighted by Crippen LogP contribution is -2.32. The molecule has 0 bridgehead atoms. The van der Waals surface area contributed by atoms with Gasteiger partial charge < -0.3 is 9.64 Å². The lowest BCUT2D eigenvalue weighted by Gasteiger charge is -2.13. The number of hydrogen-bond acceptors (Lipinski definition) is 3. The first kappa shape index (κ1) is 8.50. The van der Waals surface area contributed by atoms with Gasteiger partial charge in [-0.25, -0.2) is 4.79 Å². The maximum atomic E-state index is 11.5. The number of methoxy groups -OCH3 is 1. The summed E-state index contributed by atoms with van der Waals surface area (Å²) < 4.78 is 5.11. The van der Waals surface area contributed by atoms with Crippen LogP contribution in [0.2, 0.25) is 0 Å². The van der Waals surface area contributed by atoms with Crippen LogP contribution in [0.5, 0.6) is 0 Å². The van der Waals surface area contributed by atoms with Crippen LogP contribution in [0.1, 0.15) is 6.42 Å². The summed E-state index contributed by atoms with van der Waals surface area (Å²) in [4.78, 5) is 25.7. The predicted molar refractivity (Wildman–Crippen MR) is 44.1 cm³/mol. The van der Waals surface area contributed by atoms with Crippen molar-refractivity contribution in [1.29, 1.82) is 0 Å². The van der Waals surface area contributed by atoms with E-state index in [2.05, 4.69) is 0 Å². The Morgan fingerprint density at radius 2 is 2.15 bits per heavy atom. The fraction of sp³-hybridized carbons (Fsp3) is 0.750. The highest BCUT2D eigenvalue weighted by Gasteiger charge is 2.48. The van der Waals surface area contributed by atoms with E-state index in [4.69, 9.17) is 4.74 Å². The first-order chi connectivity index (χ1) is 6.15. The molecule has 2 saturated heterocycles. The lowest BCUT2D eigenvalue weighted by molar-refractivity contribution is -0.127. The summed E-state index contributed by atoms with van der Waals surface area (Å²) in [5, 5.41) is 0. The number of likely N-dealkylation sites (N-methyl/N-ethyl adjacent to an activating group) is 1. The second-order valence-electron chi connectivity index (χ2n) is 3.44. The Labute approximate surface area is 76.2 Å². The van der Waals surface area contributed by atoms with Crippen molar-refractivity contribution in [2.75, 3.05) is 20.7 Å². The number of rotatable bonds is 1. The molecule has 2 rings (SSSR count).